The molecule has 1 unspecified atom stereocenters. The van der Waals surface area contributed by atoms with E-state index in [0.29, 0.717) is 0 Å². The number of rotatable bonds is 8. The van der Waals surface area contributed by atoms with Crippen LogP contribution >= 0.6 is 0 Å². The van der Waals surface area contributed by atoms with Crippen molar-refractivity contribution in [1.29, 1.82) is 0 Å². The minimum atomic E-state index is -2.46. The third kappa shape index (κ3) is 4.40. The van der Waals surface area contributed by atoms with Crippen molar-refractivity contribution in [1.82, 2.24) is 5.32 Å². The second kappa shape index (κ2) is 8.91. The number of aliphatic hydroxyl groups is 4. The predicted molar refractivity (Wildman–Crippen MR) is 81.5 cm³/mol. The average Bonchev–Trinajstić information content (AvgIpc) is 2.53. The highest BCUT2D eigenvalue weighted by atomic mass is 16.7. The zero-order valence-electron chi connectivity index (χ0n) is 13.9. The number of carbonyl (C=O) groups excluding carboxylic acids is 1. The molecule has 1 heterocycles. The van der Waals surface area contributed by atoms with Gasteiger partial charge in [-0.15, -0.1) is 0 Å². The molecule has 23 heavy (non-hydrogen) atoms. The summed E-state index contributed by atoms with van der Waals surface area (Å²) >= 11 is 0. The van der Waals surface area contributed by atoms with E-state index in [-0.39, 0.29) is 6.04 Å². The van der Waals surface area contributed by atoms with E-state index >= 15 is 0 Å². The summed E-state index contributed by atoms with van der Waals surface area (Å²) in [6, 6.07) is -0.213. The Morgan fingerprint density at radius 2 is 2.04 bits per heavy atom. The van der Waals surface area contributed by atoms with Crippen molar-refractivity contribution in [3.63, 3.8) is 0 Å². The summed E-state index contributed by atoms with van der Waals surface area (Å²) in [5.74, 6) is -0.878. The number of unbranched alkanes of at least 4 members (excludes halogenated alkanes) is 2. The fourth-order valence-corrected chi connectivity index (χ4v) is 2.69. The van der Waals surface area contributed by atoms with Crippen LogP contribution in [0.25, 0.3) is 0 Å². The first-order valence-corrected chi connectivity index (χ1v) is 8.01. The number of aliphatic hydroxyl groups excluding tert-OH is 3. The Labute approximate surface area is 136 Å². The van der Waals surface area contributed by atoms with Gasteiger partial charge in [-0.25, -0.2) is 0 Å². The van der Waals surface area contributed by atoms with Crippen molar-refractivity contribution >= 4 is 5.91 Å². The molecule has 0 saturated carbocycles. The van der Waals surface area contributed by atoms with Gasteiger partial charge >= 0.3 is 0 Å². The molecule has 1 fully saturated rings. The molecular weight excluding hydrogens is 306 g/mol. The molecule has 0 aromatic carbocycles. The van der Waals surface area contributed by atoms with Gasteiger partial charge in [0.05, 0.1) is 6.61 Å². The summed E-state index contributed by atoms with van der Waals surface area (Å²) in [5, 5.41) is 42.4. The smallest absolute Gasteiger partial charge is 0.260 e. The number of methoxy groups -OCH3 is 1. The van der Waals surface area contributed by atoms with Crippen molar-refractivity contribution in [2.75, 3.05) is 13.7 Å². The highest BCUT2D eigenvalue weighted by Gasteiger charge is 2.60. The first-order valence-electron chi connectivity index (χ1n) is 8.01. The van der Waals surface area contributed by atoms with Crippen LogP contribution in [0, 0.1) is 0 Å². The molecule has 0 aromatic rings. The summed E-state index contributed by atoms with van der Waals surface area (Å²) in [6.45, 7) is 3.29. The molecule has 0 radical (unpaired) electrons. The van der Waals surface area contributed by atoms with E-state index < -0.39 is 42.7 Å². The summed E-state index contributed by atoms with van der Waals surface area (Å²) in [6.07, 6.45) is -2.36. The molecule has 8 heteroatoms. The molecule has 136 valence electrons. The van der Waals surface area contributed by atoms with Gasteiger partial charge in [0.2, 0.25) is 5.60 Å². The summed E-state index contributed by atoms with van der Waals surface area (Å²) in [7, 11) is 1.20. The Hall–Kier alpha value is -0.770. The number of ether oxygens (including phenoxy) is 2. The minimum absolute atomic E-state index is 0.213. The lowest BCUT2D eigenvalue weighted by molar-refractivity contribution is -0.324. The van der Waals surface area contributed by atoms with Gasteiger partial charge in [-0.1, -0.05) is 26.2 Å². The maximum absolute atomic E-state index is 12.4. The molecule has 1 aliphatic heterocycles. The van der Waals surface area contributed by atoms with Crippen LogP contribution in [0.2, 0.25) is 0 Å². The van der Waals surface area contributed by atoms with Gasteiger partial charge in [-0.2, -0.15) is 0 Å². The zero-order valence-corrected chi connectivity index (χ0v) is 13.9. The van der Waals surface area contributed by atoms with Gasteiger partial charge in [0, 0.05) is 13.2 Å². The molecule has 0 aromatic heterocycles. The molecule has 0 spiro atoms. The predicted octanol–water partition coefficient (Wildman–Crippen LogP) is -1.11. The van der Waals surface area contributed by atoms with E-state index in [1.54, 1.807) is 6.92 Å². The number of hydrogen-bond donors (Lipinski definition) is 5. The SMILES string of the molecule is CCCCCC(C)NC(=O)[C@]1(O)[C@@H](OC)O[C@H](CO)[C@@H](O)[C@@H]1O. The van der Waals surface area contributed by atoms with Crippen molar-refractivity contribution in [2.45, 2.75) is 75.8 Å². The maximum atomic E-state index is 12.4. The van der Waals surface area contributed by atoms with Crippen molar-refractivity contribution in [2.24, 2.45) is 0 Å². The third-order valence-electron chi connectivity index (χ3n) is 4.19. The van der Waals surface area contributed by atoms with E-state index in [2.05, 4.69) is 12.2 Å². The quantitative estimate of drug-likeness (QED) is 0.356. The number of nitrogens with one attached hydrogen (secondary N) is 1. The summed E-state index contributed by atoms with van der Waals surface area (Å²) in [5.41, 5.74) is -2.46. The molecule has 1 saturated heterocycles. The van der Waals surface area contributed by atoms with Crippen LogP contribution < -0.4 is 5.32 Å². The van der Waals surface area contributed by atoms with E-state index in [0.717, 1.165) is 25.7 Å². The molecule has 5 N–H and O–H groups in total. The number of hydrogen-bond acceptors (Lipinski definition) is 7. The summed E-state index contributed by atoms with van der Waals surface area (Å²) < 4.78 is 10.1. The normalized spacial score (nSPS) is 35.8. The lowest BCUT2D eigenvalue weighted by atomic mass is 9.85. The minimum Gasteiger partial charge on any atom is -0.394 e. The second-order valence-corrected chi connectivity index (χ2v) is 6.06. The number of carbonyl (C=O) groups is 1. The molecule has 1 rings (SSSR count). The van der Waals surface area contributed by atoms with Gasteiger partial charge < -0.3 is 35.2 Å². The lowest BCUT2D eigenvalue weighted by Gasteiger charge is -2.46. The van der Waals surface area contributed by atoms with Crippen LogP contribution in [-0.4, -0.2) is 76.3 Å². The average molecular weight is 335 g/mol. The maximum Gasteiger partial charge on any atom is 0.260 e. The standard InChI is InChI=1S/C15H29NO7/c1-4-5-6-7-9(2)16-13(20)15(21)12(19)11(18)10(8-17)23-14(15)22-3/h9-12,14,17-19,21H,4-8H2,1-3H3,(H,16,20)/t9?,10-,11-,12+,14+,15+/m1/s1. The van der Waals surface area contributed by atoms with Crippen molar-refractivity contribution < 1.29 is 34.7 Å². The largest absolute Gasteiger partial charge is 0.394 e. The Kier molecular flexibility index (Phi) is 7.85. The molecule has 6 atom stereocenters. The number of amides is 1. The van der Waals surface area contributed by atoms with E-state index in [9.17, 15) is 20.1 Å². The van der Waals surface area contributed by atoms with Crippen LogP contribution in [0.4, 0.5) is 0 Å². The van der Waals surface area contributed by atoms with Gasteiger partial charge in [-0.3, -0.25) is 4.79 Å². The topological polar surface area (TPSA) is 128 Å². The third-order valence-corrected chi connectivity index (χ3v) is 4.19. The van der Waals surface area contributed by atoms with Crippen molar-refractivity contribution in [3.05, 3.63) is 0 Å². The highest BCUT2D eigenvalue weighted by Crippen LogP contribution is 2.31. The van der Waals surface area contributed by atoms with E-state index in [1.807, 2.05) is 0 Å². The van der Waals surface area contributed by atoms with Crippen LogP contribution in [0.1, 0.15) is 39.5 Å². The fourth-order valence-electron chi connectivity index (χ4n) is 2.69. The first kappa shape index (κ1) is 20.3. The van der Waals surface area contributed by atoms with Crippen LogP contribution in [-0.2, 0) is 14.3 Å². The van der Waals surface area contributed by atoms with E-state index in [4.69, 9.17) is 14.6 Å². The van der Waals surface area contributed by atoms with Crippen molar-refractivity contribution in [3.8, 4) is 0 Å². The highest BCUT2D eigenvalue weighted by molar-refractivity contribution is 5.86. The molecule has 0 bridgehead atoms. The Bertz CT molecular complexity index is 377. The first-order chi connectivity index (χ1) is 10.8. The van der Waals surface area contributed by atoms with Gasteiger partial charge in [0.15, 0.2) is 6.29 Å². The van der Waals surface area contributed by atoms with E-state index in [1.165, 1.54) is 7.11 Å². The van der Waals surface area contributed by atoms with Gasteiger partial charge in [0.1, 0.15) is 18.3 Å². The van der Waals surface area contributed by atoms with Gasteiger partial charge in [-0.05, 0) is 13.3 Å². The molecule has 8 nitrogen and oxygen atoms in total. The molecular formula is C15H29NO7. The lowest BCUT2D eigenvalue weighted by Crippen LogP contribution is -2.72. The fraction of sp³-hybridized carbons (Fsp3) is 0.933. The second-order valence-electron chi connectivity index (χ2n) is 6.06. The molecule has 1 amide bonds. The van der Waals surface area contributed by atoms with Gasteiger partial charge in [0.25, 0.3) is 5.91 Å². The molecule has 1 aliphatic rings. The van der Waals surface area contributed by atoms with Crippen LogP contribution in [0.3, 0.4) is 0 Å². The Balaban J connectivity index is 2.81. The monoisotopic (exact) mass is 335 g/mol. The Morgan fingerprint density at radius 1 is 1.39 bits per heavy atom. The van der Waals surface area contributed by atoms with Crippen LogP contribution in [0.15, 0.2) is 0 Å². The van der Waals surface area contributed by atoms with Crippen LogP contribution in [0.5, 0.6) is 0 Å². The Morgan fingerprint density at radius 3 is 2.57 bits per heavy atom. The molecule has 0 aliphatic carbocycles. The summed E-state index contributed by atoms with van der Waals surface area (Å²) in [4.78, 5) is 12.4. The zero-order chi connectivity index (χ0) is 17.6.